The highest BCUT2D eigenvalue weighted by Gasteiger charge is 2.28. The van der Waals surface area contributed by atoms with Gasteiger partial charge in [-0.05, 0) is 45.6 Å². The Labute approximate surface area is 130 Å². The van der Waals surface area contributed by atoms with Crippen molar-refractivity contribution in [1.82, 2.24) is 4.90 Å². The zero-order valence-corrected chi connectivity index (χ0v) is 13.5. The van der Waals surface area contributed by atoms with Gasteiger partial charge in [0.05, 0.1) is 10.0 Å². The summed E-state index contributed by atoms with van der Waals surface area (Å²) in [5.74, 6) is -2.34. The Kier molecular flexibility index (Phi) is 7.24. The fourth-order valence-corrected chi connectivity index (χ4v) is 2.32. The molecule has 0 saturated carbocycles. The fraction of sp³-hybridized carbons (Fsp3) is 0.600. The van der Waals surface area contributed by atoms with Crippen LogP contribution in [0.4, 0.5) is 4.39 Å². The van der Waals surface area contributed by atoms with Gasteiger partial charge in [0.25, 0.3) is 0 Å². The Morgan fingerprint density at radius 3 is 2.35 bits per heavy atom. The van der Waals surface area contributed by atoms with E-state index in [0.717, 1.165) is 25.8 Å². The lowest BCUT2D eigenvalue weighted by molar-refractivity contribution is -0.103. The first-order chi connectivity index (χ1) is 9.33. The number of aliphatic hydroxyl groups is 1. The molecule has 0 saturated heterocycles. The lowest BCUT2D eigenvalue weighted by atomic mass is 10.0. The summed E-state index contributed by atoms with van der Waals surface area (Å²) in [5, 5.41) is 10.5. The molecule has 0 aromatic heterocycles. The molecule has 114 valence electrons. The molecule has 0 spiro atoms. The van der Waals surface area contributed by atoms with Gasteiger partial charge in [-0.15, -0.1) is 0 Å². The molecule has 0 radical (unpaired) electrons. The molecule has 0 bridgehead atoms. The molecular weight excluding hydrogens is 300 g/mol. The van der Waals surface area contributed by atoms with Crippen LogP contribution < -0.4 is 0 Å². The van der Waals surface area contributed by atoms with Crippen LogP contribution in [0.25, 0.3) is 0 Å². The number of hydrogen-bond acceptors (Lipinski definition) is 2. The van der Waals surface area contributed by atoms with Crippen LogP contribution in [0.2, 0.25) is 10.0 Å². The highest BCUT2D eigenvalue weighted by molar-refractivity contribution is 6.42. The maximum absolute atomic E-state index is 14.2. The van der Waals surface area contributed by atoms with E-state index in [0.29, 0.717) is 11.4 Å². The van der Waals surface area contributed by atoms with Crippen molar-refractivity contribution in [2.75, 3.05) is 20.6 Å². The molecule has 1 N–H and O–H groups in total. The van der Waals surface area contributed by atoms with Crippen molar-refractivity contribution in [2.24, 2.45) is 0 Å². The maximum atomic E-state index is 14.2. The minimum atomic E-state index is -2.34. The summed E-state index contributed by atoms with van der Waals surface area (Å²) in [7, 11) is 4.06. The minimum Gasteiger partial charge on any atom is -0.358 e. The van der Waals surface area contributed by atoms with Crippen LogP contribution in [0.5, 0.6) is 0 Å². The molecule has 1 atom stereocenters. The molecule has 0 aliphatic carbocycles. The second-order valence-electron chi connectivity index (χ2n) is 5.36. The predicted molar refractivity (Wildman–Crippen MR) is 83.1 cm³/mol. The van der Waals surface area contributed by atoms with Crippen LogP contribution in [0.1, 0.15) is 37.7 Å². The molecule has 0 aliphatic heterocycles. The Morgan fingerprint density at radius 2 is 1.75 bits per heavy atom. The van der Waals surface area contributed by atoms with Crippen LogP contribution in [0, 0.1) is 0 Å². The Morgan fingerprint density at radius 1 is 1.10 bits per heavy atom. The lowest BCUT2D eigenvalue weighted by Gasteiger charge is -2.20. The summed E-state index contributed by atoms with van der Waals surface area (Å²) in [6, 6.07) is 4.36. The van der Waals surface area contributed by atoms with E-state index in [4.69, 9.17) is 23.2 Å². The minimum absolute atomic E-state index is 0.0763. The van der Waals surface area contributed by atoms with Crippen molar-refractivity contribution in [3.63, 3.8) is 0 Å². The summed E-state index contributed by atoms with van der Waals surface area (Å²) in [6.45, 7) is 1.03. The van der Waals surface area contributed by atoms with Gasteiger partial charge in [-0.2, -0.15) is 0 Å². The number of benzene rings is 1. The Bertz CT molecular complexity index is 424. The van der Waals surface area contributed by atoms with Crippen LogP contribution in [0.15, 0.2) is 18.2 Å². The number of alkyl halides is 1. The van der Waals surface area contributed by atoms with Crippen LogP contribution in [0.3, 0.4) is 0 Å². The molecule has 0 aliphatic rings. The third-order valence-corrected chi connectivity index (χ3v) is 3.96. The van der Waals surface area contributed by atoms with Gasteiger partial charge in [0.1, 0.15) is 0 Å². The number of unbranched alkanes of at least 4 members (excludes halogenated alkanes) is 3. The number of rotatable bonds is 8. The van der Waals surface area contributed by atoms with E-state index in [1.165, 1.54) is 18.2 Å². The number of nitrogens with zero attached hydrogens (tertiary/aromatic N) is 1. The molecule has 5 heteroatoms. The molecule has 0 amide bonds. The van der Waals surface area contributed by atoms with Gasteiger partial charge in [-0.25, -0.2) is 4.39 Å². The molecule has 0 unspecified atom stereocenters. The SMILES string of the molecule is CN(C)CCCCCC[C@](O)(F)c1ccc(Cl)c(Cl)c1. The van der Waals surface area contributed by atoms with E-state index in [-0.39, 0.29) is 17.0 Å². The average molecular weight is 322 g/mol. The van der Waals surface area contributed by atoms with Gasteiger partial charge in [-0.3, -0.25) is 0 Å². The van der Waals surface area contributed by atoms with Gasteiger partial charge in [0, 0.05) is 12.0 Å². The maximum Gasteiger partial charge on any atom is 0.233 e. The smallest absolute Gasteiger partial charge is 0.233 e. The third kappa shape index (κ3) is 5.96. The van der Waals surface area contributed by atoms with E-state index in [1.54, 1.807) is 0 Å². The average Bonchev–Trinajstić information content (AvgIpc) is 2.36. The van der Waals surface area contributed by atoms with E-state index in [2.05, 4.69) is 4.90 Å². The molecule has 1 aromatic rings. The van der Waals surface area contributed by atoms with E-state index in [1.807, 2.05) is 14.1 Å². The van der Waals surface area contributed by atoms with Crippen LogP contribution in [-0.4, -0.2) is 30.6 Å². The quantitative estimate of drug-likeness (QED) is 0.706. The summed E-state index contributed by atoms with van der Waals surface area (Å²) in [4.78, 5) is 2.13. The molecule has 0 fully saturated rings. The van der Waals surface area contributed by atoms with E-state index >= 15 is 0 Å². The molecular formula is C15H22Cl2FNO. The van der Waals surface area contributed by atoms with Crippen molar-refractivity contribution < 1.29 is 9.50 Å². The first-order valence-electron chi connectivity index (χ1n) is 6.84. The van der Waals surface area contributed by atoms with Crippen molar-refractivity contribution >= 4 is 23.2 Å². The topological polar surface area (TPSA) is 23.5 Å². The first-order valence-corrected chi connectivity index (χ1v) is 7.60. The predicted octanol–water partition coefficient (Wildman–Crippen LogP) is 4.62. The van der Waals surface area contributed by atoms with Crippen molar-refractivity contribution in [2.45, 2.75) is 38.0 Å². The zero-order valence-electron chi connectivity index (χ0n) is 12.0. The van der Waals surface area contributed by atoms with Crippen LogP contribution in [-0.2, 0) is 5.85 Å². The Hall–Kier alpha value is -0.350. The standard InChI is InChI=1S/C15H22Cl2FNO/c1-19(2)10-6-4-3-5-9-15(18,20)12-7-8-13(16)14(17)11-12/h7-8,11,20H,3-6,9-10H2,1-2H3/t15-/m1/s1. The van der Waals surface area contributed by atoms with E-state index < -0.39 is 5.85 Å². The third-order valence-electron chi connectivity index (χ3n) is 3.23. The van der Waals surface area contributed by atoms with Gasteiger partial charge in [0.15, 0.2) is 0 Å². The molecule has 20 heavy (non-hydrogen) atoms. The first kappa shape index (κ1) is 17.7. The number of hydrogen-bond donors (Lipinski definition) is 1. The zero-order chi connectivity index (χ0) is 15.2. The largest absolute Gasteiger partial charge is 0.358 e. The summed E-state index contributed by atoms with van der Waals surface area (Å²) >= 11 is 11.6. The van der Waals surface area contributed by atoms with Gasteiger partial charge in [-0.1, -0.05) is 42.1 Å². The van der Waals surface area contributed by atoms with Crippen molar-refractivity contribution in [3.8, 4) is 0 Å². The summed E-state index contributed by atoms with van der Waals surface area (Å²) in [5.41, 5.74) is 0.167. The summed E-state index contributed by atoms with van der Waals surface area (Å²) < 4.78 is 14.2. The van der Waals surface area contributed by atoms with Gasteiger partial charge >= 0.3 is 0 Å². The summed E-state index contributed by atoms with van der Waals surface area (Å²) in [6.07, 6.45) is 3.75. The van der Waals surface area contributed by atoms with Crippen LogP contribution >= 0.6 is 23.2 Å². The molecule has 0 heterocycles. The molecule has 2 nitrogen and oxygen atoms in total. The van der Waals surface area contributed by atoms with Crippen molar-refractivity contribution in [1.29, 1.82) is 0 Å². The highest BCUT2D eigenvalue weighted by atomic mass is 35.5. The number of halogens is 3. The second-order valence-corrected chi connectivity index (χ2v) is 6.17. The highest BCUT2D eigenvalue weighted by Crippen LogP contribution is 2.33. The monoisotopic (exact) mass is 321 g/mol. The van der Waals surface area contributed by atoms with Gasteiger partial charge in [0.2, 0.25) is 5.85 Å². The fourth-order valence-electron chi connectivity index (χ4n) is 2.02. The molecule has 1 aromatic carbocycles. The van der Waals surface area contributed by atoms with E-state index in [9.17, 15) is 9.50 Å². The lowest BCUT2D eigenvalue weighted by Crippen LogP contribution is -2.19. The molecule has 1 rings (SSSR count). The second kappa shape index (κ2) is 8.18. The van der Waals surface area contributed by atoms with Crippen molar-refractivity contribution in [3.05, 3.63) is 33.8 Å². The normalized spacial score (nSPS) is 14.6. The Balaban J connectivity index is 2.39. The van der Waals surface area contributed by atoms with Gasteiger partial charge < -0.3 is 10.0 Å².